The summed E-state index contributed by atoms with van der Waals surface area (Å²) in [6.45, 7) is 3.65. The SMILES string of the molecule is CCn1c(=NC(=O)CS(=O)(=O)CC(=O)N2CCCCC2)sc2cc(Cl)ccc21. The number of hydrogen-bond acceptors (Lipinski definition) is 5. The van der Waals surface area contributed by atoms with E-state index < -0.39 is 33.2 Å². The predicted molar refractivity (Wildman–Crippen MR) is 110 cm³/mol. The molecule has 7 nitrogen and oxygen atoms in total. The first-order valence-electron chi connectivity index (χ1n) is 9.14. The van der Waals surface area contributed by atoms with Gasteiger partial charge in [0.25, 0.3) is 5.91 Å². The lowest BCUT2D eigenvalue weighted by atomic mass is 10.1. The number of carbonyl (C=O) groups is 2. The fraction of sp³-hybridized carbons (Fsp3) is 0.500. The van der Waals surface area contributed by atoms with Crippen molar-refractivity contribution in [3.63, 3.8) is 0 Å². The molecule has 1 aromatic heterocycles. The molecule has 2 aromatic rings. The first-order chi connectivity index (χ1) is 13.3. The van der Waals surface area contributed by atoms with Crippen LogP contribution in [0.5, 0.6) is 0 Å². The summed E-state index contributed by atoms with van der Waals surface area (Å²) < 4.78 is 27.3. The Balaban J connectivity index is 1.77. The third-order valence-corrected chi connectivity index (χ3v) is 7.23. The van der Waals surface area contributed by atoms with Crippen molar-refractivity contribution in [3.8, 4) is 0 Å². The zero-order valence-corrected chi connectivity index (χ0v) is 17.9. The standard InChI is InChI=1S/C18H22ClN3O4S2/c1-2-22-14-7-6-13(19)10-15(14)27-18(22)20-16(23)11-28(25,26)12-17(24)21-8-4-3-5-9-21/h6-7,10H,2-5,8-9,11-12H2,1H3. The Labute approximate surface area is 172 Å². The molecule has 0 radical (unpaired) electrons. The van der Waals surface area contributed by atoms with Gasteiger partial charge in [-0.25, -0.2) is 8.42 Å². The third kappa shape index (κ3) is 5.01. The van der Waals surface area contributed by atoms with E-state index in [1.54, 1.807) is 17.0 Å². The maximum absolute atomic E-state index is 12.3. The van der Waals surface area contributed by atoms with Crippen LogP contribution in [0.4, 0.5) is 0 Å². The summed E-state index contributed by atoms with van der Waals surface area (Å²) in [4.78, 5) is 30.5. The van der Waals surface area contributed by atoms with E-state index in [1.165, 1.54) is 11.3 Å². The van der Waals surface area contributed by atoms with Crippen molar-refractivity contribution < 1.29 is 18.0 Å². The number of amides is 2. The minimum Gasteiger partial charge on any atom is -0.342 e. The summed E-state index contributed by atoms with van der Waals surface area (Å²) in [7, 11) is -3.87. The van der Waals surface area contributed by atoms with Crippen molar-refractivity contribution in [2.24, 2.45) is 4.99 Å². The molecule has 1 fully saturated rings. The first kappa shape index (κ1) is 21.0. The topological polar surface area (TPSA) is 88.8 Å². The van der Waals surface area contributed by atoms with Crippen molar-refractivity contribution in [2.45, 2.75) is 32.7 Å². The smallest absolute Gasteiger partial charge is 0.263 e. The summed E-state index contributed by atoms with van der Waals surface area (Å²) >= 11 is 7.29. The Kier molecular flexibility index (Phi) is 6.57. The third-order valence-electron chi connectivity index (χ3n) is 4.58. The van der Waals surface area contributed by atoms with Crippen LogP contribution in [0.1, 0.15) is 26.2 Å². The summed E-state index contributed by atoms with van der Waals surface area (Å²) in [5, 5.41) is 0.577. The van der Waals surface area contributed by atoms with E-state index in [0.29, 0.717) is 29.5 Å². The number of thiazole rings is 1. The molecule has 0 saturated carbocycles. The molecule has 2 heterocycles. The Morgan fingerprint density at radius 3 is 2.57 bits per heavy atom. The molecule has 1 aliphatic heterocycles. The lowest BCUT2D eigenvalue weighted by Crippen LogP contribution is -2.40. The summed E-state index contributed by atoms with van der Waals surface area (Å²) in [5.74, 6) is -2.63. The molecule has 0 spiro atoms. The Morgan fingerprint density at radius 2 is 1.89 bits per heavy atom. The van der Waals surface area contributed by atoms with Crippen LogP contribution in [-0.2, 0) is 26.0 Å². The maximum atomic E-state index is 12.3. The van der Waals surface area contributed by atoms with Crippen molar-refractivity contribution in [1.82, 2.24) is 9.47 Å². The number of rotatable bonds is 5. The molecule has 10 heteroatoms. The zero-order valence-electron chi connectivity index (χ0n) is 15.6. The average Bonchev–Trinajstić information content (AvgIpc) is 2.97. The highest BCUT2D eigenvalue weighted by molar-refractivity contribution is 7.92. The molecule has 0 aliphatic carbocycles. The number of piperidine rings is 1. The number of halogens is 1. The number of carbonyl (C=O) groups excluding carboxylic acids is 2. The number of fused-ring (bicyclic) bond motifs is 1. The second-order valence-corrected chi connectivity index (χ2v) is 10.2. The van der Waals surface area contributed by atoms with Crippen LogP contribution in [0.25, 0.3) is 10.2 Å². The first-order valence-corrected chi connectivity index (χ1v) is 12.2. The van der Waals surface area contributed by atoms with Crippen LogP contribution in [0, 0.1) is 0 Å². The molecule has 1 aromatic carbocycles. The highest BCUT2D eigenvalue weighted by Gasteiger charge is 2.25. The lowest BCUT2D eigenvalue weighted by Gasteiger charge is -2.26. The van der Waals surface area contributed by atoms with Crippen LogP contribution < -0.4 is 4.80 Å². The van der Waals surface area contributed by atoms with E-state index in [-0.39, 0.29) is 0 Å². The van der Waals surface area contributed by atoms with Gasteiger partial charge in [0.1, 0.15) is 11.5 Å². The van der Waals surface area contributed by atoms with Crippen LogP contribution in [-0.4, -0.2) is 54.3 Å². The molecule has 1 aliphatic rings. The molecule has 152 valence electrons. The molecule has 0 unspecified atom stereocenters. The average molecular weight is 444 g/mol. The van der Waals surface area contributed by atoms with Crippen LogP contribution >= 0.6 is 22.9 Å². The van der Waals surface area contributed by atoms with Gasteiger partial charge in [0.15, 0.2) is 14.6 Å². The number of benzene rings is 1. The molecule has 0 bridgehead atoms. The van der Waals surface area contributed by atoms with E-state index in [1.807, 2.05) is 17.6 Å². The zero-order chi connectivity index (χ0) is 20.3. The summed E-state index contributed by atoms with van der Waals surface area (Å²) in [5.41, 5.74) is 0.881. The Hall–Kier alpha value is -1.71. The van der Waals surface area contributed by atoms with Gasteiger partial charge >= 0.3 is 0 Å². The number of nitrogens with zero attached hydrogens (tertiary/aromatic N) is 3. The van der Waals surface area contributed by atoms with Crippen molar-refractivity contribution in [2.75, 3.05) is 24.6 Å². The fourth-order valence-electron chi connectivity index (χ4n) is 3.24. The monoisotopic (exact) mass is 443 g/mol. The van der Waals surface area contributed by atoms with Gasteiger partial charge in [-0.05, 0) is 44.4 Å². The molecular formula is C18H22ClN3O4S2. The minimum atomic E-state index is -3.87. The molecule has 3 rings (SSSR count). The molecule has 2 amide bonds. The van der Waals surface area contributed by atoms with Gasteiger partial charge in [0.05, 0.1) is 10.2 Å². The van der Waals surface area contributed by atoms with Crippen LogP contribution in [0.15, 0.2) is 23.2 Å². The second kappa shape index (κ2) is 8.75. The fourth-order valence-corrected chi connectivity index (χ4v) is 5.73. The summed E-state index contributed by atoms with van der Waals surface area (Å²) in [6, 6.07) is 5.38. The van der Waals surface area contributed by atoms with Gasteiger partial charge in [-0.1, -0.05) is 22.9 Å². The van der Waals surface area contributed by atoms with Gasteiger partial charge in [-0.3, -0.25) is 9.59 Å². The molecular weight excluding hydrogens is 422 g/mol. The summed E-state index contributed by atoms with van der Waals surface area (Å²) in [6.07, 6.45) is 2.81. The maximum Gasteiger partial charge on any atom is 0.263 e. The largest absolute Gasteiger partial charge is 0.342 e. The number of aromatic nitrogens is 1. The van der Waals surface area contributed by atoms with Crippen molar-refractivity contribution in [1.29, 1.82) is 0 Å². The van der Waals surface area contributed by atoms with E-state index in [4.69, 9.17) is 11.6 Å². The van der Waals surface area contributed by atoms with Crippen molar-refractivity contribution in [3.05, 3.63) is 28.0 Å². The molecule has 0 N–H and O–H groups in total. The van der Waals surface area contributed by atoms with Gasteiger partial charge < -0.3 is 9.47 Å². The minimum absolute atomic E-state index is 0.419. The number of likely N-dealkylation sites (tertiary alicyclic amines) is 1. The van der Waals surface area contributed by atoms with E-state index >= 15 is 0 Å². The van der Waals surface area contributed by atoms with Gasteiger partial charge in [-0.15, -0.1) is 0 Å². The molecule has 0 atom stereocenters. The van der Waals surface area contributed by atoms with Gasteiger partial charge in [-0.2, -0.15) is 4.99 Å². The second-order valence-electron chi connectivity index (χ2n) is 6.72. The van der Waals surface area contributed by atoms with Crippen molar-refractivity contribution >= 4 is 54.8 Å². The highest BCUT2D eigenvalue weighted by atomic mass is 35.5. The van der Waals surface area contributed by atoms with E-state index in [9.17, 15) is 18.0 Å². The number of sulfone groups is 1. The molecule has 1 saturated heterocycles. The molecule has 28 heavy (non-hydrogen) atoms. The van der Waals surface area contributed by atoms with Gasteiger partial charge in [0.2, 0.25) is 5.91 Å². The van der Waals surface area contributed by atoms with E-state index in [0.717, 1.165) is 29.5 Å². The number of aryl methyl sites for hydroxylation is 1. The highest BCUT2D eigenvalue weighted by Crippen LogP contribution is 2.21. The van der Waals surface area contributed by atoms with Crippen LogP contribution in [0.3, 0.4) is 0 Å². The Bertz CT molecular complexity index is 1070. The Morgan fingerprint density at radius 1 is 1.18 bits per heavy atom. The van der Waals surface area contributed by atoms with Gasteiger partial charge in [0, 0.05) is 24.7 Å². The van der Waals surface area contributed by atoms with Crippen LogP contribution in [0.2, 0.25) is 5.02 Å². The predicted octanol–water partition coefficient (Wildman–Crippen LogP) is 2.23. The quantitative estimate of drug-likeness (QED) is 0.708. The number of hydrogen-bond donors (Lipinski definition) is 0. The van der Waals surface area contributed by atoms with E-state index in [2.05, 4.69) is 4.99 Å². The lowest BCUT2D eigenvalue weighted by molar-refractivity contribution is -0.129. The normalized spacial score (nSPS) is 15.9.